The third-order valence-electron chi connectivity index (χ3n) is 4.48. The van der Waals surface area contributed by atoms with Gasteiger partial charge in [0, 0.05) is 18.7 Å². The lowest BCUT2D eigenvalue weighted by molar-refractivity contribution is -0.141. The fourth-order valence-corrected chi connectivity index (χ4v) is 3.18. The molecule has 4 nitrogen and oxygen atoms in total. The van der Waals surface area contributed by atoms with Crippen LogP contribution in [0.15, 0.2) is 48.5 Å². The molecule has 130 valence electrons. The molecule has 1 fully saturated rings. The van der Waals surface area contributed by atoms with E-state index in [1.807, 2.05) is 30.3 Å². The van der Waals surface area contributed by atoms with Crippen molar-refractivity contribution in [2.24, 2.45) is 0 Å². The Labute approximate surface area is 146 Å². The first-order valence-electron chi connectivity index (χ1n) is 8.47. The molecule has 0 bridgehead atoms. The Morgan fingerprint density at radius 1 is 1.16 bits per heavy atom. The Morgan fingerprint density at radius 2 is 1.92 bits per heavy atom. The number of hydrogen-bond donors (Lipinski definition) is 1. The van der Waals surface area contributed by atoms with E-state index in [0.29, 0.717) is 24.2 Å². The standard InChI is InChI=1S/C20H21FN2O2/c1-14-13-16(21)10-11-17(14)22-20(25)19(15-7-3-2-4-8-15)23-12-6-5-9-18(23)24/h2-4,7-8,10-11,13,19H,5-6,9,12H2,1H3,(H,22,25). The van der Waals surface area contributed by atoms with Gasteiger partial charge in [-0.2, -0.15) is 0 Å². The minimum atomic E-state index is -0.682. The van der Waals surface area contributed by atoms with Gasteiger partial charge in [0.05, 0.1) is 0 Å². The summed E-state index contributed by atoms with van der Waals surface area (Å²) in [7, 11) is 0. The van der Waals surface area contributed by atoms with Crippen molar-refractivity contribution in [2.75, 3.05) is 11.9 Å². The number of nitrogens with one attached hydrogen (secondary N) is 1. The van der Waals surface area contributed by atoms with E-state index >= 15 is 0 Å². The molecule has 1 unspecified atom stereocenters. The van der Waals surface area contributed by atoms with Gasteiger partial charge in [-0.15, -0.1) is 0 Å². The first kappa shape index (κ1) is 17.1. The van der Waals surface area contributed by atoms with E-state index in [9.17, 15) is 14.0 Å². The third kappa shape index (κ3) is 3.87. The van der Waals surface area contributed by atoms with E-state index in [0.717, 1.165) is 18.4 Å². The summed E-state index contributed by atoms with van der Waals surface area (Å²) in [5, 5.41) is 2.85. The van der Waals surface area contributed by atoms with Gasteiger partial charge in [0.1, 0.15) is 11.9 Å². The average molecular weight is 340 g/mol. The fourth-order valence-electron chi connectivity index (χ4n) is 3.18. The zero-order chi connectivity index (χ0) is 17.8. The molecule has 3 rings (SSSR count). The molecule has 1 heterocycles. The Kier molecular flexibility index (Phi) is 5.12. The fraction of sp³-hybridized carbons (Fsp3) is 0.300. The van der Waals surface area contributed by atoms with E-state index in [4.69, 9.17) is 0 Å². The molecule has 0 saturated carbocycles. The molecular formula is C20H21FN2O2. The van der Waals surface area contributed by atoms with Gasteiger partial charge in [-0.25, -0.2) is 4.39 Å². The van der Waals surface area contributed by atoms with Crippen molar-refractivity contribution in [1.82, 2.24) is 4.90 Å². The van der Waals surface area contributed by atoms with Crippen LogP contribution in [0.1, 0.15) is 36.4 Å². The smallest absolute Gasteiger partial charge is 0.251 e. The first-order valence-corrected chi connectivity index (χ1v) is 8.47. The topological polar surface area (TPSA) is 49.4 Å². The number of carbonyl (C=O) groups is 2. The molecular weight excluding hydrogens is 319 g/mol. The number of anilines is 1. The Morgan fingerprint density at radius 3 is 2.60 bits per heavy atom. The molecule has 2 aromatic rings. The molecule has 5 heteroatoms. The Balaban J connectivity index is 1.90. The monoisotopic (exact) mass is 340 g/mol. The summed E-state index contributed by atoms with van der Waals surface area (Å²) in [6.07, 6.45) is 2.21. The van der Waals surface area contributed by atoms with Crippen LogP contribution in [0, 0.1) is 12.7 Å². The highest BCUT2D eigenvalue weighted by Gasteiger charge is 2.32. The number of halogens is 1. The number of nitrogens with zero attached hydrogens (tertiary/aromatic N) is 1. The van der Waals surface area contributed by atoms with Crippen LogP contribution in [0.25, 0.3) is 0 Å². The van der Waals surface area contributed by atoms with Gasteiger partial charge in [-0.05, 0) is 49.1 Å². The number of piperidine rings is 1. The van der Waals surface area contributed by atoms with Crippen molar-refractivity contribution in [1.29, 1.82) is 0 Å². The quantitative estimate of drug-likeness (QED) is 0.920. The molecule has 1 saturated heterocycles. The van der Waals surface area contributed by atoms with Crippen molar-refractivity contribution in [2.45, 2.75) is 32.2 Å². The Bertz CT molecular complexity index is 777. The summed E-state index contributed by atoms with van der Waals surface area (Å²) in [6.45, 7) is 2.30. The van der Waals surface area contributed by atoms with Crippen molar-refractivity contribution >= 4 is 17.5 Å². The SMILES string of the molecule is Cc1cc(F)ccc1NC(=O)C(c1ccccc1)N1CCCCC1=O. The normalized spacial score (nSPS) is 15.8. The molecule has 0 radical (unpaired) electrons. The average Bonchev–Trinajstić information content (AvgIpc) is 2.60. The molecule has 1 N–H and O–H groups in total. The predicted octanol–water partition coefficient (Wildman–Crippen LogP) is 3.83. The van der Waals surface area contributed by atoms with Crippen LogP contribution >= 0.6 is 0 Å². The highest BCUT2D eigenvalue weighted by molar-refractivity contribution is 5.98. The van der Waals surface area contributed by atoms with Crippen LogP contribution in [0.4, 0.5) is 10.1 Å². The minimum absolute atomic E-state index is 0.00826. The highest BCUT2D eigenvalue weighted by Crippen LogP contribution is 2.27. The van der Waals surface area contributed by atoms with Crippen molar-refractivity contribution < 1.29 is 14.0 Å². The van der Waals surface area contributed by atoms with Gasteiger partial charge in [0.15, 0.2) is 0 Å². The zero-order valence-electron chi connectivity index (χ0n) is 14.2. The number of hydrogen-bond acceptors (Lipinski definition) is 2. The summed E-state index contributed by atoms with van der Waals surface area (Å²) in [5.74, 6) is -0.636. The second-order valence-corrected chi connectivity index (χ2v) is 6.31. The summed E-state index contributed by atoms with van der Waals surface area (Å²) in [5.41, 5.74) is 1.97. The number of rotatable bonds is 4. The summed E-state index contributed by atoms with van der Waals surface area (Å²) in [4.78, 5) is 27.0. The lowest BCUT2D eigenvalue weighted by Gasteiger charge is -2.34. The second-order valence-electron chi connectivity index (χ2n) is 6.31. The molecule has 2 amide bonds. The van der Waals surface area contributed by atoms with Gasteiger partial charge in [-0.1, -0.05) is 30.3 Å². The maximum Gasteiger partial charge on any atom is 0.251 e. The summed E-state index contributed by atoms with van der Waals surface area (Å²) in [6, 6.07) is 12.8. The Hall–Kier alpha value is -2.69. The zero-order valence-corrected chi connectivity index (χ0v) is 14.2. The number of likely N-dealkylation sites (tertiary alicyclic amines) is 1. The van der Waals surface area contributed by atoms with Crippen molar-refractivity contribution in [3.8, 4) is 0 Å². The lowest BCUT2D eigenvalue weighted by Crippen LogP contribution is -2.43. The number of aryl methyl sites for hydroxylation is 1. The number of amides is 2. The van der Waals surface area contributed by atoms with Crippen molar-refractivity contribution in [3.63, 3.8) is 0 Å². The van der Waals surface area contributed by atoms with E-state index in [2.05, 4.69) is 5.32 Å². The summed E-state index contributed by atoms with van der Waals surface area (Å²) < 4.78 is 13.3. The third-order valence-corrected chi connectivity index (χ3v) is 4.48. The van der Waals surface area contributed by atoms with Gasteiger partial charge in [0.2, 0.25) is 5.91 Å². The number of benzene rings is 2. The minimum Gasteiger partial charge on any atom is -0.327 e. The maximum absolute atomic E-state index is 13.3. The molecule has 0 aliphatic carbocycles. The van der Waals surface area contributed by atoms with E-state index in [1.165, 1.54) is 12.1 Å². The second kappa shape index (κ2) is 7.47. The highest BCUT2D eigenvalue weighted by atomic mass is 19.1. The molecule has 1 atom stereocenters. The van der Waals surface area contributed by atoms with Crippen LogP contribution in [-0.4, -0.2) is 23.3 Å². The van der Waals surface area contributed by atoms with Crippen molar-refractivity contribution in [3.05, 3.63) is 65.5 Å². The van der Waals surface area contributed by atoms with Crippen LogP contribution < -0.4 is 5.32 Å². The van der Waals surface area contributed by atoms with Gasteiger partial charge < -0.3 is 10.2 Å². The molecule has 1 aliphatic rings. The lowest BCUT2D eigenvalue weighted by atomic mass is 10.00. The van der Waals surface area contributed by atoms with Gasteiger partial charge in [-0.3, -0.25) is 9.59 Å². The van der Waals surface area contributed by atoms with Crippen LogP contribution in [-0.2, 0) is 9.59 Å². The largest absolute Gasteiger partial charge is 0.327 e. The molecule has 2 aromatic carbocycles. The maximum atomic E-state index is 13.3. The van der Waals surface area contributed by atoms with Gasteiger partial charge >= 0.3 is 0 Å². The molecule has 25 heavy (non-hydrogen) atoms. The summed E-state index contributed by atoms with van der Waals surface area (Å²) >= 11 is 0. The van der Waals surface area contributed by atoms with Crippen LogP contribution in [0.5, 0.6) is 0 Å². The number of carbonyl (C=O) groups excluding carboxylic acids is 2. The first-order chi connectivity index (χ1) is 12.1. The predicted molar refractivity (Wildman–Crippen MR) is 94.5 cm³/mol. The van der Waals surface area contributed by atoms with E-state index in [1.54, 1.807) is 17.9 Å². The van der Waals surface area contributed by atoms with E-state index < -0.39 is 6.04 Å². The van der Waals surface area contributed by atoms with Crippen LogP contribution in [0.2, 0.25) is 0 Å². The van der Waals surface area contributed by atoms with Crippen LogP contribution in [0.3, 0.4) is 0 Å². The van der Waals surface area contributed by atoms with E-state index in [-0.39, 0.29) is 17.6 Å². The molecule has 0 spiro atoms. The van der Waals surface area contributed by atoms with Gasteiger partial charge in [0.25, 0.3) is 5.91 Å². The molecule has 0 aromatic heterocycles. The molecule has 1 aliphatic heterocycles.